The second-order valence-corrected chi connectivity index (χ2v) is 7.87. The number of nitrogens with zero attached hydrogens (tertiary/aromatic N) is 2. The molecule has 0 atom stereocenters. The van der Waals surface area contributed by atoms with E-state index in [1.165, 1.54) is 34.0 Å². The van der Waals surface area contributed by atoms with Crippen LogP contribution < -0.4 is 0 Å². The van der Waals surface area contributed by atoms with Crippen molar-refractivity contribution in [3.05, 3.63) is 10.4 Å². The maximum Gasteiger partial charge on any atom is 0.190 e. The summed E-state index contributed by atoms with van der Waals surface area (Å²) >= 11 is 4.41. The van der Waals surface area contributed by atoms with Crippen molar-refractivity contribution in [1.29, 1.82) is 0 Å². The van der Waals surface area contributed by atoms with E-state index in [4.69, 9.17) is 0 Å². The molecule has 0 aliphatic heterocycles. The summed E-state index contributed by atoms with van der Waals surface area (Å²) in [5.41, 5.74) is 1.17. The fraction of sp³-hybridized carbons (Fsp3) is 0.429. The number of carbonyl (C=O) groups is 2. The van der Waals surface area contributed by atoms with E-state index < -0.39 is 0 Å². The zero-order chi connectivity index (χ0) is 15.6. The van der Waals surface area contributed by atoms with Crippen LogP contribution in [0.15, 0.2) is 10.2 Å². The molecule has 0 aliphatic rings. The predicted octanol–water partition coefficient (Wildman–Crippen LogP) is 3.67. The van der Waals surface area contributed by atoms with E-state index in [1.807, 2.05) is 0 Å². The molecule has 0 radical (unpaired) electrons. The van der Waals surface area contributed by atoms with Crippen molar-refractivity contribution in [2.75, 3.05) is 11.5 Å². The lowest BCUT2D eigenvalue weighted by molar-refractivity contribution is -0.115. The van der Waals surface area contributed by atoms with E-state index in [0.29, 0.717) is 16.7 Å². The van der Waals surface area contributed by atoms with Crippen LogP contribution in [0.1, 0.15) is 24.3 Å². The fourth-order valence-electron chi connectivity index (χ4n) is 1.70. The number of thiophene rings is 1. The third-order valence-corrected chi connectivity index (χ3v) is 6.00. The number of aromatic nitrogens is 2. The number of Topliss-reactive ketones (excluding diaryl/α,β-unsaturated/α-hetero) is 2. The van der Waals surface area contributed by atoms with Crippen LogP contribution >= 0.6 is 34.9 Å². The molecule has 0 amide bonds. The molecule has 0 aliphatic carbocycles. The van der Waals surface area contributed by atoms with E-state index in [9.17, 15) is 9.59 Å². The highest BCUT2D eigenvalue weighted by atomic mass is 32.2. The number of aryl methyl sites for hydroxylation is 2. The molecule has 0 aromatic carbocycles. The molecular formula is C14H16N2O2S3. The largest absolute Gasteiger partial charge is 0.299 e. The van der Waals surface area contributed by atoms with Crippen LogP contribution in [0.2, 0.25) is 0 Å². The van der Waals surface area contributed by atoms with Crippen molar-refractivity contribution in [1.82, 2.24) is 9.97 Å². The third-order valence-electron chi connectivity index (χ3n) is 2.79. The molecule has 0 bridgehead atoms. The highest BCUT2D eigenvalue weighted by molar-refractivity contribution is 8.00. The molecule has 0 saturated carbocycles. The standard InChI is InChI=1S/C14H16N2O2S3/c1-7(17)5-19-12-11-9(3)10(4)21-13(11)16-14(15-12)20-6-8(2)18/h5-6H2,1-4H3. The van der Waals surface area contributed by atoms with Crippen LogP contribution in [0.5, 0.6) is 0 Å². The van der Waals surface area contributed by atoms with Gasteiger partial charge in [0.25, 0.3) is 0 Å². The number of hydrogen-bond donors (Lipinski definition) is 0. The SMILES string of the molecule is CC(=O)CSc1nc(SCC(C)=O)c2c(C)c(C)sc2n1. The summed E-state index contributed by atoms with van der Waals surface area (Å²) < 4.78 is 0. The normalized spacial score (nSPS) is 11.0. The summed E-state index contributed by atoms with van der Waals surface area (Å²) in [6.07, 6.45) is 0. The van der Waals surface area contributed by atoms with Gasteiger partial charge in [0.2, 0.25) is 0 Å². The van der Waals surface area contributed by atoms with Crippen LogP contribution in [0.4, 0.5) is 0 Å². The smallest absolute Gasteiger partial charge is 0.190 e. The van der Waals surface area contributed by atoms with Gasteiger partial charge in [-0.25, -0.2) is 9.97 Å². The fourth-order valence-corrected chi connectivity index (χ4v) is 4.44. The van der Waals surface area contributed by atoms with Gasteiger partial charge in [-0.15, -0.1) is 11.3 Å². The molecule has 7 heteroatoms. The number of fused-ring (bicyclic) bond motifs is 1. The maximum absolute atomic E-state index is 11.2. The van der Waals surface area contributed by atoms with E-state index in [0.717, 1.165) is 15.2 Å². The Hall–Kier alpha value is -0.920. The lowest BCUT2D eigenvalue weighted by atomic mass is 10.2. The minimum atomic E-state index is 0.0974. The molecular weight excluding hydrogens is 324 g/mol. The molecule has 2 aromatic rings. The Kier molecular flexibility index (Phi) is 5.40. The first-order valence-corrected chi connectivity index (χ1v) is 9.19. The van der Waals surface area contributed by atoms with E-state index in [-0.39, 0.29) is 11.6 Å². The molecule has 0 unspecified atom stereocenters. The average molecular weight is 340 g/mol. The zero-order valence-corrected chi connectivity index (χ0v) is 14.8. The van der Waals surface area contributed by atoms with Gasteiger partial charge in [-0.1, -0.05) is 23.5 Å². The van der Waals surface area contributed by atoms with Crippen LogP contribution in [-0.4, -0.2) is 33.0 Å². The third kappa shape index (κ3) is 4.05. The molecule has 0 N–H and O–H groups in total. The summed E-state index contributed by atoms with van der Waals surface area (Å²) in [7, 11) is 0. The first-order chi connectivity index (χ1) is 9.88. The van der Waals surface area contributed by atoms with Gasteiger partial charge < -0.3 is 0 Å². The van der Waals surface area contributed by atoms with E-state index in [1.54, 1.807) is 25.2 Å². The van der Waals surface area contributed by atoms with Gasteiger partial charge in [-0.3, -0.25) is 9.59 Å². The first kappa shape index (κ1) is 16.5. The second-order valence-electron chi connectivity index (χ2n) is 4.76. The Morgan fingerprint density at radius 2 is 1.67 bits per heavy atom. The van der Waals surface area contributed by atoms with Crippen molar-refractivity contribution in [3.63, 3.8) is 0 Å². The average Bonchev–Trinajstić information content (AvgIpc) is 2.69. The molecule has 2 rings (SSSR count). The van der Waals surface area contributed by atoms with Crippen LogP contribution in [0.25, 0.3) is 10.2 Å². The van der Waals surface area contributed by atoms with E-state index >= 15 is 0 Å². The summed E-state index contributed by atoms with van der Waals surface area (Å²) in [5.74, 6) is 0.984. The van der Waals surface area contributed by atoms with Crippen molar-refractivity contribution < 1.29 is 9.59 Å². The molecule has 21 heavy (non-hydrogen) atoms. The molecule has 0 saturated heterocycles. The van der Waals surface area contributed by atoms with Gasteiger partial charge >= 0.3 is 0 Å². The van der Waals surface area contributed by atoms with Gasteiger partial charge in [-0.05, 0) is 33.3 Å². The van der Waals surface area contributed by atoms with Gasteiger partial charge in [0.05, 0.1) is 11.5 Å². The minimum absolute atomic E-state index is 0.0974. The quantitative estimate of drug-likeness (QED) is 0.454. The Morgan fingerprint density at radius 1 is 1.05 bits per heavy atom. The summed E-state index contributed by atoms with van der Waals surface area (Å²) in [4.78, 5) is 33.6. The highest BCUT2D eigenvalue weighted by Crippen LogP contribution is 2.36. The Balaban J connectivity index is 2.44. The van der Waals surface area contributed by atoms with Gasteiger partial charge in [-0.2, -0.15) is 0 Å². The number of carbonyl (C=O) groups excluding carboxylic acids is 2. The predicted molar refractivity (Wildman–Crippen MR) is 89.7 cm³/mol. The number of ketones is 2. The van der Waals surface area contributed by atoms with Crippen LogP contribution in [0, 0.1) is 13.8 Å². The molecule has 0 fully saturated rings. The van der Waals surface area contributed by atoms with E-state index in [2.05, 4.69) is 23.8 Å². The van der Waals surface area contributed by atoms with Crippen molar-refractivity contribution in [3.8, 4) is 0 Å². The van der Waals surface area contributed by atoms with Crippen LogP contribution in [-0.2, 0) is 9.59 Å². The molecule has 2 heterocycles. The Bertz CT molecular complexity index is 710. The number of hydrogen-bond acceptors (Lipinski definition) is 7. The van der Waals surface area contributed by atoms with Gasteiger partial charge in [0, 0.05) is 10.3 Å². The monoisotopic (exact) mass is 340 g/mol. The summed E-state index contributed by atoms with van der Waals surface area (Å²) in [6, 6.07) is 0. The zero-order valence-electron chi connectivity index (χ0n) is 12.3. The lowest BCUT2D eigenvalue weighted by Gasteiger charge is -2.05. The number of rotatable bonds is 6. The maximum atomic E-state index is 11.2. The molecule has 4 nitrogen and oxygen atoms in total. The first-order valence-electron chi connectivity index (χ1n) is 6.40. The highest BCUT2D eigenvalue weighted by Gasteiger charge is 2.16. The van der Waals surface area contributed by atoms with Crippen molar-refractivity contribution in [2.24, 2.45) is 0 Å². The Morgan fingerprint density at radius 3 is 2.29 bits per heavy atom. The lowest BCUT2D eigenvalue weighted by Crippen LogP contribution is -1.99. The number of thioether (sulfide) groups is 2. The molecule has 0 spiro atoms. The summed E-state index contributed by atoms with van der Waals surface area (Å²) in [5, 5.41) is 2.48. The van der Waals surface area contributed by atoms with Crippen LogP contribution in [0.3, 0.4) is 0 Å². The van der Waals surface area contributed by atoms with Crippen molar-refractivity contribution in [2.45, 2.75) is 37.9 Å². The minimum Gasteiger partial charge on any atom is -0.299 e. The van der Waals surface area contributed by atoms with Gasteiger partial charge in [0.1, 0.15) is 21.4 Å². The molecule has 2 aromatic heterocycles. The summed E-state index contributed by atoms with van der Waals surface area (Å²) in [6.45, 7) is 7.24. The molecule has 112 valence electrons. The topological polar surface area (TPSA) is 59.9 Å². The van der Waals surface area contributed by atoms with Crippen molar-refractivity contribution >= 4 is 56.6 Å². The second kappa shape index (κ2) is 6.89. The Labute approximate surface area is 136 Å². The van der Waals surface area contributed by atoms with Gasteiger partial charge in [0.15, 0.2) is 5.16 Å².